The molecule has 0 spiro atoms. The first kappa shape index (κ1) is 11.4. The molecule has 1 aromatic heterocycles. The third-order valence-electron chi connectivity index (χ3n) is 4.58. The lowest BCUT2D eigenvalue weighted by molar-refractivity contribution is -0.0150. The minimum atomic E-state index is -0.749. The lowest BCUT2D eigenvalue weighted by Crippen LogP contribution is -2.47. The second-order valence-electron chi connectivity index (χ2n) is 5.97. The van der Waals surface area contributed by atoms with E-state index in [0.29, 0.717) is 12.1 Å². The number of fused-ring (bicyclic) bond motifs is 3. The van der Waals surface area contributed by atoms with Crippen LogP contribution < -0.4 is 5.32 Å². The van der Waals surface area contributed by atoms with Crippen molar-refractivity contribution in [3.8, 4) is 0 Å². The van der Waals surface area contributed by atoms with Crippen molar-refractivity contribution in [2.24, 2.45) is 0 Å². The molecule has 0 radical (unpaired) electrons. The first-order valence-corrected chi connectivity index (χ1v) is 7.08. The van der Waals surface area contributed by atoms with E-state index in [1.807, 2.05) is 24.3 Å². The van der Waals surface area contributed by atoms with Crippen LogP contribution in [0.2, 0.25) is 0 Å². The summed E-state index contributed by atoms with van der Waals surface area (Å²) in [7, 11) is 0. The van der Waals surface area contributed by atoms with Crippen LogP contribution in [0.3, 0.4) is 0 Å². The number of hydrogen-bond acceptors (Lipinski definition) is 3. The van der Waals surface area contributed by atoms with Crippen molar-refractivity contribution >= 4 is 10.9 Å². The van der Waals surface area contributed by atoms with Crippen molar-refractivity contribution in [1.29, 1.82) is 0 Å². The average molecular weight is 254 g/mol. The van der Waals surface area contributed by atoms with Crippen molar-refractivity contribution in [3.63, 3.8) is 0 Å². The molecule has 98 valence electrons. The molecule has 0 amide bonds. The topological polar surface area (TPSA) is 45.2 Å². The summed E-state index contributed by atoms with van der Waals surface area (Å²) in [6.45, 7) is 0. The van der Waals surface area contributed by atoms with E-state index in [4.69, 9.17) is 0 Å². The van der Waals surface area contributed by atoms with Gasteiger partial charge in [0.2, 0.25) is 0 Å². The molecule has 2 atom stereocenters. The Bertz CT molecular complexity index is 613. The van der Waals surface area contributed by atoms with Gasteiger partial charge in [-0.15, -0.1) is 0 Å². The van der Waals surface area contributed by atoms with Crippen LogP contribution >= 0.6 is 0 Å². The molecule has 3 heteroatoms. The Hall–Kier alpha value is -1.45. The predicted molar refractivity (Wildman–Crippen MR) is 74.8 cm³/mol. The number of nitrogens with one attached hydrogen (secondary N) is 1. The maximum atomic E-state index is 11.0. The molecule has 2 aliphatic rings. The van der Waals surface area contributed by atoms with Crippen LogP contribution in [0, 0.1) is 0 Å². The summed E-state index contributed by atoms with van der Waals surface area (Å²) < 4.78 is 0. The highest BCUT2D eigenvalue weighted by molar-refractivity contribution is 5.78. The first-order valence-electron chi connectivity index (χ1n) is 7.08. The molecule has 2 aromatic rings. The molecule has 3 heterocycles. The van der Waals surface area contributed by atoms with Gasteiger partial charge in [0.25, 0.3) is 0 Å². The zero-order valence-electron chi connectivity index (χ0n) is 10.8. The average Bonchev–Trinajstić information content (AvgIpc) is 2.78. The third-order valence-corrected chi connectivity index (χ3v) is 4.58. The Kier molecular flexibility index (Phi) is 2.41. The highest BCUT2D eigenvalue weighted by Crippen LogP contribution is 2.40. The molecule has 1 aromatic carbocycles. The molecule has 2 unspecified atom stereocenters. The minimum Gasteiger partial charge on any atom is -0.383 e. The zero-order chi connectivity index (χ0) is 12.9. The summed E-state index contributed by atoms with van der Waals surface area (Å²) >= 11 is 0. The fraction of sp³-hybridized carbons (Fsp3) is 0.438. The van der Waals surface area contributed by atoms with Crippen molar-refractivity contribution in [2.45, 2.75) is 43.4 Å². The van der Waals surface area contributed by atoms with Crippen molar-refractivity contribution in [3.05, 3.63) is 42.1 Å². The Labute approximate surface area is 112 Å². The van der Waals surface area contributed by atoms with Crippen LogP contribution in [0.25, 0.3) is 10.9 Å². The molecule has 0 saturated carbocycles. The summed E-state index contributed by atoms with van der Waals surface area (Å²) in [5.74, 6) is 0. The van der Waals surface area contributed by atoms with Crippen LogP contribution in [0.15, 0.2) is 36.4 Å². The van der Waals surface area contributed by atoms with Crippen LogP contribution in [-0.2, 0) is 5.60 Å². The number of nitrogens with zero attached hydrogens (tertiary/aromatic N) is 1. The van der Waals surface area contributed by atoms with E-state index >= 15 is 0 Å². The molecule has 2 fully saturated rings. The zero-order valence-corrected chi connectivity index (χ0v) is 10.8. The smallest absolute Gasteiger partial charge is 0.109 e. The quantitative estimate of drug-likeness (QED) is 0.821. The van der Waals surface area contributed by atoms with Crippen molar-refractivity contribution in [2.75, 3.05) is 0 Å². The van der Waals surface area contributed by atoms with E-state index in [0.717, 1.165) is 29.4 Å². The fourth-order valence-electron chi connectivity index (χ4n) is 3.66. The third kappa shape index (κ3) is 1.85. The van der Waals surface area contributed by atoms with Gasteiger partial charge in [-0.1, -0.05) is 24.3 Å². The minimum absolute atomic E-state index is 0.456. The summed E-state index contributed by atoms with van der Waals surface area (Å²) in [5.41, 5.74) is 1.06. The molecule has 2 N–H and O–H groups in total. The standard InChI is InChI=1S/C16H18N2O/c19-16(9-12-6-7-13(10-16)17-12)15-8-5-11-3-1-2-4-14(11)18-15/h1-5,8,12-13,17,19H,6-7,9-10H2. The normalized spacial score (nSPS) is 33.7. The molecule has 0 aliphatic carbocycles. The number of aliphatic hydroxyl groups is 1. The lowest BCUT2D eigenvalue weighted by atomic mass is 9.84. The van der Waals surface area contributed by atoms with Gasteiger partial charge in [0.15, 0.2) is 0 Å². The van der Waals surface area contributed by atoms with Gasteiger partial charge in [0, 0.05) is 17.5 Å². The largest absolute Gasteiger partial charge is 0.383 e. The predicted octanol–water partition coefficient (Wildman–Crippen LogP) is 2.34. The molecule has 2 saturated heterocycles. The number of hydrogen-bond donors (Lipinski definition) is 2. The van der Waals surface area contributed by atoms with Gasteiger partial charge in [0.05, 0.1) is 11.2 Å². The Morgan fingerprint density at radius 1 is 1.05 bits per heavy atom. The van der Waals surface area contributed by atoms with Crippen LogP contribution in [0.5, 0.6) is 0 Å². The van der Waals surface area contributed by atoms with E-state index in [2.05, 4.69) is 22.4 Å². The number of pyridine rings is 1. The highest BCUT2D eigenvalue weighted by atomic mass is 16.3. The van der Waals surface area contributed by atoms with Gasteiger partial charge in [-0.2, -0.15) is 0 Å². The van der Waals surface area contributed by atoms with Crippen molar-refractivity contribution in [1.82, 2.24) is 10.3 Å². The van der Waals surface area contributed by atoms with E-state index in [9.17, 15) is 5.11 Å². The van der Waals surface area contributed by atoms with Gasteiger partial charge in [-0.05, 0) is 37.8 Å². The van der Waals surface area contributed by atoms with Gasteiger partial charge in [-0.25, -0.2) is 4.98 Å². The van der Waals surface area contributed by atoms with E-state index < -0.39 is 5.60 Å². The summed E-state index contributed by atoms with van der Waals surface area (Å²) in [6.07, 6.45) is 3.94. The van der Waals surface area contributed by atoms with Gasteiger partial charge < -0.3 is 10.4 Å². The highest BCUT2D eigenvalue weighted by Gasteiger charge is 2.44. The Morgan fingerprint density at radius 3 is 2.58 bits per heavy atom. The van der Waals surface area contributed by atoms with E-state index in [-0.39, 0.29) is 0 Å². The molecule has 3 nitrogen and oxygen atoms in total. The maximum Gasteiger partial charge on any atom is 0.109 e. The number of benzene rings is 1. The molecular weight excluding hydrogens is 236 g/mol. The van der Waals surface area contributed by atoms with Gasteiger partial charge in [-0.3, -0.25) is 0 Å². The summed E-state index contributed by atoms with van der Waals surface area (Å²) in [5, 5.41) is 15.7. The van der Waals surface area contributed by atoms with Gasteiger partial charge in [0.1, 0.15) is 5.60 Å². The Morgan fingerprint density at radius 2 is 1.79 bits per heavy atom. The van der Waals surface area contributed by atoms with Crippen LogP contribution in [0.4, 0.5) is 0 Å². The molecule has 4 rings (SSSR count). The molecule has 2 bridgehead atoms. The summed E-state index contributed by atoms with van der Waals surface area (Å²) in [6, 6.07) is 13.1. The molecule has 2 aliphatic heterocycles. The number of piperidine rings is 1. The maximum absolute atomic E-state index is 11.0. The van der Waals surface area contributed by atoms with E-state index in [1.165, 1.54) is 12.8 Å². The van der Waals surface area contributed by atoms with Crippen LogP contribution in [-0.4, -0.2) is 22.2 Å². The second kappa shape index (κ2) is 4.02. The second-order valence-corrected chi connectivity index (χ2v) is 5.97. The van der Waals surface area contributed by atoms with Crippen LogP contribution in [0.1, 0.15) is 31.4 Å². The number of para-hydroxylation sites is 1. The monoisotopic (exact) mass is 254 g/mol. The SMILES string of the molecule is OC1(c2ccc3ccccc3n2)CC2CCC(C1)N2. The summed E-state index contributed by atoms with van der Waals surface area (Å²) in [4.78, 5) is 4.69. The lowest BCUT2D eigenvalue weighted by Gasteiger charge is -2.36. The van der Waals surface area contributed by atoms with Crippen molar-refractivity contribution < 1.29 is 5.11 Å². The fourth-order valence-corrected chi connectivity index (χ4v) is 3.66. The first-order chi connectivity index (χ1) is 9.23. The molecule has 19 heavy (non-hydrogen) atoms. The van der Waals surface area contributed by atoms with E-state index in [1.54, 1.807) is 0 Å². The number of aromatic nitrogens is 1. The Balaban J connectivity index is 1.76. The number of rotatable bonds is 1. The molecular formula is C16H18N2O. The van der Waals surface area contributed by atoms with Gasteiger partial charge >= 0.3 is 0 Å².